The van der Waals surface area contributed by atoms with Gasteiger partial charge in [0.05, 0.1) is 11.1 Å². The van der Waals surface area contributed by atoms with Gasteiger partial charge in [0.2, 0.25) is 5.91 Å². The van der Waals surface area contributed by atoms with Crippen LogP contribution in [-0.4, -0.2) is 40.8 Å². The number of nitrogens with one attached hydrogen (secondary N) is 1. The van der Waals surface area contributed by atoms with Gasteiger partial charge in [-0.1, -0.05) is 19.3 Å². The molecule has 5 nitrogen and oxygen atoms in total. The lowest BCUT2D eigenvalue weighted by atomic mass is 9.87. The van der Waals surface area contributed by atoms with E-state index in [4.69, 9.17) is 0 Å². The van der Waals surface area contributed by atoms with Crippen LogP contribution in [0.25, 0.3) is 10.9 Å². The number of pyridine rings is 1. The number of hydrogen-bond acceptors (Lipinski definition) is 3. The maximum Gasteiger partial charge on any atom is 0.252 e. The first-order valence-corrected chi connectivity index (χ1v) is 10.7. The van der Waals surface area contributed by atoms with Gasteiger partial charge in [0.25, 0.3) is 5.91 Å². The number of carbonyl (C=O) groups is 2. The number of benzene rings is 1. The standard InChI is InChI=1S/C23H28FN3O2/c1-15-13-20(19-8-7-17(24)14-21(19)25-15)22(28)26-18-9-11-27(12-10-18)23(29)16-5-3-2-4-6-16/h7-8,13-14,16,18H,2-6,9-12H2,1H3,(H,26,28). The summed E-state index contributed by atoms with van der Waals surface area (Å²) < 4.78 is 13.5. The molecule has 4 rings (SSSR count). The van der Waals surface area contributed by atoms with Gasteiger partial charge in [-0.25, -0.2) is 4.39 Å². The van der Waals surface area contributed by atoms with Gasteiger partial charge in [-0.15, -0.1) is 0 Å². The molecule has 1 N–H and O–H groups in total. The van der Waals surface area contributed by atoms with Gasteiger partial charge in [0.1, 0.15) is 5.82 Å². The van der Waals surface area contributed by atoms with Crippen LogP contribution in [0.1, 0.15) is 61.0 Å². The lowest BCUT2D eigenvalue weighted by molar-refractivity contribution is -0.137. The first-order chi connectivity index (χ1) is 14.0. The highest BCUT2D eigenvalue weighted by Gasteiger charge is 2.29. The van der Waals surface area contributed by atoms with Crippen molar-refractivity contribution in [2.75, 3.05) is 13.1 Å². The second kappa shape index (κ2) is 8.47. The van der Waals surface area contributed by atoms with Gasteiger partial charge in [-0.2, -0.15) is 0 Å². The van der Waals surface area contributed by atoms with Gasteiger partial charge in [-0.3, -0.25) is 14.6 Å². The third-order valence-electron chi connectivity index (χ3n) is 6.24. The summed E-state index contributed by atoms with van der Waals surface area (Å²) in [7, 11) is 0. The minimum atomic E-state index is -0.364. The summed E-state index contributed by atoms with van der Waals surface area (Å²) in [6.07, 6.45) is 7.13. The molecule has 1 saturated heterocycles. The van der Waals surface area contributed by atoms with E-state index >= 15 is 0 Å². The molecule has 2 fully saturated rings. The first kappa shape index (κ1) is 19.8. The molecular weight excluding hydrogens is 369 g/mol. The highest BCUT2D eigenvalue weighted by Crippen LogP contribution is 2.27. The number of carbonyl (C=O) groups excluding carboxylic acids is 2. The van der Waals surface area contributed by atoms with Crippen molar-refractivity contribution in [2.45, 2.75) is 57.9 Å². The van der Waals surface area contributed by atoms with Crippen molar-refractivity contribution < 1.29 is 14.0 Å². The van der Waals surface area contributed by atoms with Crippen LogP contribution in [0.2, 0.25) is 0 Å². The molecule has 154 valence electrons. The van der Waals surface area contributed by atoms with Crippen LogP contribution >= 0.6 is 0 Å². The highest BCUT2D eigenvalue weighted by molar-refractivity contribution is 6.06. The number of aryl methyl sites for hydroxylation is 1. The number of likely N-dealkylation sites (tertiary alicyclic amines) is 1. The Morgan fingerprint density at radius 1 is 1.07 bits per heavy atom. The van der Waals surface area contributed by atoms with Gasteiger partial charge in [0, 0.05) is 42.2 Å². The fourth-order valence-corrected chi connectivity index (χ4v) is 4.64. The molecule has 6 heteroatoms. The molecule has 0 bridgehead atoms. The second-order valence-electron chi connectivity index (χ2n) is 8.38. The molecule has 0 atom stereocenters. The van der Waals surface area contributed by atoms with Crippen molar-refractivity contribution in [1.82, 2.24) is 15.2 Å². The van der Waals surface area contributed by atoms with E-state index in [1.807, 2.05) is 4.90 Å². The Kier molecular flexibility index (Phi) is 5.79. The summed E-state index contributed by atoms with van der Waals surface area (Å²) in [5.41, 5.74) is 1.69. The van der Waals surface area contributed by atoms with E-state index in [1.165, 1.54) is 18.6 Å². The number of aromatic nitrogens is 1. The average molecular weight is 397 g/mol. The smallest absolute Gasteiger partial charge is 0.252 e. The van der Waals surface area contributed by atoms with Crippen LogP contribution in [-0.2, 0) is 4.79 Å². The monoisotopic (exact) mass is 397 g/mol. The van der Waals surface area contributed by atoms with E-state index in [1.54, 1.807) is 19.1 Å². The number of fused-ring (bicyclic) bond motifs is 1. The highest BCUT2D eigenvalue weighted by atomic mass is 19.1. The Hall–Kier alpha value is -2.50. The molecule has 1 aromatic carbocycles. The molecule has 2 aliphatic rings. The maximum atomic E-state index is 13.5. The van der Waals surface area contributed by atoms with Gasteiger partial charge in [-0.05, 0) is 50.8 Å². The Balaban J connectivity index is 1.39. The van der Waals surface area contributed by atoms with Crippen LogP contribution in [0.3, 0.4) is 0 Å². The van der Waals surface area contributed by atoms with Crippen LogP contribution in [0.5, 0.6) is 0 Å². The second-order valence-corrected chi connectivity index (χ2v) is 8.38. The van der Waals surface area contributed by atoms with Crippen molar-refractivity contribution >= 4 is 22.7 Å². The average Bonchev–Trinajstić information content (AvgIpc) is 2.73. The minimum Gasteiger partial charge on any atom is -0.349 e. The van der Waals surface area contributed by atoms with Crippen molar-refractivity contribution in [1.29, 1.82) is 0 Å². The molecule has 1 saturated carbocycles. The largest absolute Gasteiger partial charge is 0.349 e. The van der Waals surface area contributed by atoms with Gasteiger partial charge >= 0.3 is 0 Å². The van der Waals surface area contributed by atoms with E-state index < -0.39 is 0 Å². The zero-order valence-corrected chi connectivity index (χ0v) is 16.9. The normalized spacial score (nSPS) is 18.8. The molecule has 0 radical (unpaired) electrons. The summed E-state index contributed by atoms with van der Waals surface area (Å²) in [4.78, 5) is 31.9. The summed E-state index contributed by atoms with van der Waals surface area (Å²) in [6.45, 7) is 3.19. The third kappa shape index (κ3) is 4.41. The van der Waals surface area contributed by atoms with E-state index in [0.29, 0.717) is 41.2 Å². The number of halogens is 1. The molecule has 29 heavy (non-hydrogen) atoms. The SMILES string of the molecule is Cc1cc(C(=O)NC2CCN(C(=O)C3CCCCC3)CC2)c2ccc(F)cc2n1. The predicted octanol–water partition coefficient (Wildman–Crippen LogP) is 3.98. The number of piperidine rings is 1. The molecule has 2 heterocycles. The van der Waals surface area contributed by atoms with Crippen LogP contribution in [0, 0.1) is 18.7 Å². The lowest BCUT2D eigenvalue weighted by Gasteiger charge is -2.35. The summed E-state index contributed by atoms with van der Waals surface area (Å²) in [5.74, 6) is -0.0326. The number of amides is 2. The summed E-state index contributed by atoms with van der Waals surface area (Å²) >= 11 is 0. The van der Waals surface area contributed by atoms with Crippen molar-refractivity contribution in [3.8, 4) is 0 Å². The molecule has 1 aliphatic heterocycles. The van der Waals surface area contributed by atoms with E-state index in [-0.39, 0.29) is 23.7 Å². The fourth-order valence-electron chi connectivity index (χ4n) is 4.64. The quantitative estimate of drug-likeness (QED) is 0.852. The lowest BCUT2D eigenvalue weighted by Crippen LogP contribution is -2.48. The van der Waals surface area contributed by atoms with Crippen molar-refractivity contribution in [3.63, 3.8) is 0 Å². The predicted molar refractivity (Wildman–Crippen MR) is 110 cm³/mol. The van der Waals surface area contributed by atoms with Crippen LogP contribution < -0.4 is 5.32 Å². The number of hydrogen-bond donors (Lipinski definition) is 1. The summed E-state index contributed by atoms with van der Waals surface area (Å²) in [6, 6.07) is 6.11. The first-order valence-electron chi connectivity index (χ1n) is 10.7. The van der Waals surface area contributed by atoms with Crippen molar-refractivity contribution in [3.05, 3.63) is 41.3 Å². The van der Waals surface area contributed by atoms with Crippen LogP contribution in [0.4, 0.5) is 4.39 Å². The third-order valence-corrected chi connectivity index (χ3v) is 6.24. The van der Waals surface area contributed by atoms with E-state index in [0.717, 1.165) is 38.5 Å². The van der Waals surface area contributed by atoms with E-state index in [9.17, 15) is 14.0 Å². The molecule has 1 aliphatic carbocycles. The molecule has 2 aromatic rings. The Bertz CT molecular complexity index is 910. The zero-order valence-electron chi connectivity index (χ0n) is 16.9. The molecular formula is C23H28FN3O2. The topological polar surface area (TPSA) is 62.3 Å². The molecule has 1 aromatic heterocycles. The molecule has 0 spiro atoms. The Morgan fingerprint density at radius 2 is 1.79 bits per heavy atom. The molecule has 0 unspecified atom stereocenters. The Morgan fingerprint density at radius 3 is 2.52 bits per heavy atom. The van der Waals surface area contributed by atoms with Gasteiger partial charge < -0.3 is 10.2 Å². The number of rotatable bonds is 3. The molecule has 2 amide bonds. The van der Waals surface area contributed by atoms with Crippen molar-refractivity contribution in [2.24, 2.45) is 5.92 Å². The maximum absolute atomic E-state index is 13.5. The number of nitrogens with zero attached hydrogens (tertiary/aromatic N) is 2. The van der Waals surface area contributed by atoms with Gasteiger partial charge in [0.15, 0.2) is 0 Å². The Labute approximate surface area is 170 Å². The van der Waals surface area contributed by atoms with Crippen LogP contribution in [0.15, 0.2) is 24.3 Å². The zero-order chi connectivity index (χ0) is 20.4. The summed E-state index contributed by atoms with van der Waals surface area (Å²) in [5, 5.41) is 3.76. The van der Waals surface area contributed by atoms with E-state index in [2.05, 4.69) is 10.3 Å². The fraction of sp³-hybridized carbons (Fsp3) is 0.522. The minimum absolute atomic E-state index is 0.0434.